The molecule has 96 valence electrons. The van der Waals surface area contributed by atoms with Gasteiger partial charge < -0.3 is 0 Å². The monoisotopic (exact) mass is 269 g/mol. The van der Waals surface area contributed by atoms with E-state index in [9.17, 15) is 0 Å². The van der Waals surface area contributed by atoms with Crippen LogP contribution in [0.25, 0.3) is 0 Å². The number of hydrogen-bond acceptors (Lipinski definition) is 1. The Bertz CT molecular complexity index is 310. The van der Waals surface area contributed by atoms with E-state index in [0.717, 1.165) is 13.9 Å². The molecule has 17 heavy (non-hydrogen) atoms. The molecule has 1 unspecified atom stereocenters. The quantitative estimate of drug-likeness (QED) is 0.609. The minimum atomic E-state index is 0.808. The Labute approximate surface area is 109 Å². The Morgan fingerprint density at radius 3 is 1.94 bits per heavy atom. The standard InChI is InChI=1S/C14H25NP2/c1-12-14(16-17-15-12)13-10-8-6-4-2-3-5-7-9-11-13/h13,17H,2-11H2,1H3. The average Bonchev–Trinajstić information content (AvgIpc) is 2.72. The fraction of sp³-hybridized carbons (Fsp3) is 0.857. The fourth-order valence-electron chi connectivity index (χ4n) is 2.94. The fourth-order valence-corrected chi connectivity index (χ4v) is 6.07. The Kier molecular flexibility index (Phi) is 6.02. The van der Waals surface area contributed by atoms with Gasteiger partial charge in [0.15, 0.2) is 0 Å². The van der Waals surface area contributed by atoms with Crippen LogP contribution in [0.4, 0.5) is 0 Å². The van der Waals surface area contributed by atoms with Crippen LogP contribution in [0.2, 0.25) is 0 Å². The van der Waals surface area contributed by atoms with Crippen LogP contribution in [0.5, 0.6) is 0 Å². The summed E-state index contributed by atoms with van der Waals surface area (Å²) in [7, 11) is 2.34. The summed E-state index contributed by atoms with van der Waals surface area (Å²) in [5.41, 5.74) is 1.38. The molecule has 1 fully saturated rings. The Hall–Kier alpha value is 0.140. The third-order valence-corrected chi connectivity index (χ3v) is 6.79. The zero-order valence-corrected chi connectivity index (χ0v) is 12.9. The maximum absolute atomic E-state index is 4.60. The van der Waals surface area contributed by atoms with Crippen molar-refractivity contribution in [2.24, 2.45) is 0 Å². The number of nitrogens with zero attached hydrogens (tertiary/aromatic N) is 1. The summed E-state index contributed by atoms with van der Waals surface area (Å²) in [4.78, 5) is 0. The van der Waals surface area contributed by atoms with Gasteiger partial charge >= 0.3 is 0 Å². The van der Waals surface area contributed by atoms with Crippen molar-refractivity contribution in [3.05, 3.63) is 11.0 Å². The lowest BCUT2D eigenvalue weighted by atomic mass is 9.93. The second-order valence-corrected chi connectivity index (χ2v) is 7.80. The van der Waals surface area contributed by atoms with Crippen LogP contribution in [0.15, 0.2) is 0 Å². The van der Waals surface area contributed by atoms with Crippen LogP contribution in [-0.2, 0) is 0 Å². The van der Waals surface area contributed by atoms with Crippen molar-refractivity contribution >= 4 is 15.9 Å². The number of hydrogen-bond donors (Lipinski definition) is 0. The first-order chi connectivity index (χ1) is 8.38. The van der Waals surface area contributed by atoms with Crippen LogP contribution in [0.1, 0.15) is 81.1 Å². The highest BCUT2D eigenvalue weighted by atomic mass is 31.8. The summed E-state index contributed by atoms with van der Waals surface area (Å²) in [6.07, 6.45) is 14.5. The summed E-state index contributed by atoms with van der Waals surface area (Å²) >= 11 is 0. The van der Waals surface area contributed by atoms with Crippen LogP contribution in [-0.4, -0.2) is 4.75 Å². The molecule has 3 heteroatoms. The molecule has 0 N–H and O–H groups in total. The zero-order chi connectivity index (χ0) is 11.9. The first kappa shape index (κ1) is 13.6. The highest BCUT2D eigenvalue weighted by Crippen LogP contribution is 2.39. The Morgan fingerprint density at radius 2 is 1.47 bits per heavy atom. The molecule has 0 amide bonds. The third-order valence-electron chi connectivity index (χ3n) is 4.00. The maximum atomic E-state index is 4.60. The molecule has 1 aliphatic rings. The summed E-state index contributed by atoms with van der Waals surface area (Å²) in [6.45, 7) is 2.23. The molecule has 1 nitrogen and oxygen atoms in total. The summed E-state index contributed by atoms with van der Waals surface area (Å²) in [5, 5.41) is 1.70. The lowest BCUT2D eigenvalue weighted by molar-refractivity contribution is 0.518. The van der Waals surface area contributed by atoms with Crippen molar-refractivity contribution in [1.29, 1.82) is 0 Å². The SMILES string of the molecule is Cc1n[pH]pc1C1CCCCCCCCCC1. The zero-order valence-electron chi connectivity index (χ0n) is 11.0. The molecule has 1 atom stereocenters. The summed E-state index contributed by atoms with van der Waals surface area (Å²) < 4.78 is 4.60. The first-order valence-corrected chi connectivity index (χ1v) is 9.93. The molecule has 0 saturated heterocycles. The minimum Gasteiger partial charge on any atom is -0.241 e. The molecule has 0 aromatic carbocycles. The van der Waals surface area contributed by atoms with Gasteiger partial charge in [0, 0.05) is 11.0 Å². The van der Waals surface area contributed by atoms with E-state index >= 15 is 0 Å². The molecule has 2 rings (SSSR count). The van der Waals surface area contributed by atoms with E-state index in [1.807, 2.05) is 0 Å². The van der Waals surface area contributed by atoms with Gasteiger partial charge in [0.1, 0.15) is 0 Å². The van der Waals surface area contributed by atoms with Gasteiger partial charge in [-0.25, -0.2) is 4.75 Å². The van der Waals surface area contributed by atoms with Crippen LogP contribution in [0.3, 0.4) is 0 Å². The Morgan fingerprint density at radius 1 is 0.941 bits per heavy atom. The number of rotatable bonds is 1. The molecule has 1 heterocycles. The van der Waals surface area contributed by atoms with E-state index in [0.29, 0.717) is 0 Å². The van der Waals surface area contributed by atoms with Crippen molar-refractivity contribution in [3.63, 3.8) is 0 Å². The summed E-state index contributed by atoms with van der Waals surface area (Å²) in [5.74, 6) is 0.869. The minimum absolute atomic E-state index is 0.808. The van der Waals surface area contributed by atoms with Gasteiger partial charge in [0.25, 0.3) is 0 Å². The molecule has 0 bridgehead atoms. The number of aromatic nitrogens is 1. The van der Waals surface area contributed by atoms with Crippen LogP contribution >= 0.6 is 15.9 Å². The number of aryl methyl sites for hydroxylation is 1. The lowest BCUT2D eigenvalue weighted by Gasteiger charge is -2.15. The average molecular weight is 269 g/mol. The van der Waals surface area contributed by atoms with Gasteiger partial charge in [-0.1, -0.05) is 51.4 Å². The molecular formula is C14H25NP2. The third kappa shape index (κ3) is 4.38. The Balaban J connectivity index is 1.95. The predicted molar refractivity (Wildman–Crippen MR) is 79.9 cm³/mol. The van der Waals surface area contributed by atoms with E-state index in [4.69, 9.17) is 0 Å². The second-order valence-electron chi connectivity index (χ2n) is 5.40. The van der Waals surface area contributed by atoms with Gasteiger partial charge in [0.2, 0.25) is 0 Å². The molecular weight excluding hydrogens is 244 g/mol. The highest BCUT2D eigenvalue weighted by molar-refractivity contribution is 7.89. The smallest absolute Gasteiger partial charge is 0.0498 e. The predicted octanol–water partition coefficient (Wildman–Crippen LogP) is 6.00. The first-order valence-electron chi connectivity index (χ1n) is 7.25. The molecule has 0 aliphatic heterocycles. The second kappa shape index (κ2) is 7.55. The van der Waals surface area contributed by atoms with Crippen LogP contribution in [0, 0.1) is 6.92 Å². The van der Waals surface area contributed by atoms with Crippen molar-refractivity contribution in [2.75, 3.05) is 0 Å². The molecule has 1 aromatic rings. The normalized spacial score (nSPS) is 21.9. The molecule has 0 spiro atoms. The van der Waals surface area contributed by atoms with Crippen LogP contribution < -0.4 is 0 Å². The van der Waals surface area contributed by atoms with Gasteiger partial charge in [-0.05, 0) is 41.6 Å². The van der Waals surface area contributed by atoms with Gasteiger partial charge in [0.05, 0.1) is 0 Å². The lowest BCUT2D eigenvalue weighted by Crippen LogP contribution is -1.99. The van der Waals surface area contributed by atoms with Gasteiger partial charge in [-0.15, -0.1) is 0 Å². The van der Waals surface area contributed by atoms with Crippen molar-refractivity contribution < 1.29 is 0 Å². The molecule has 1 aliphatic carbocycles. The summed E-state index contributed by atoms with van der Waals surface area (Å²) in [6, 6.07) is 0. The van der Waals surface area contributed by atoms with E-state index in [1.165, 1.54) is 77.8 Å². The van der Waals surface area contributed by atoms with E-state index in [2.05, 4.69) is 11.7 Å². The van der Waals surface area contributed by atoms with Gasteiger partial charge in [-0.3, -0.25) is 0 Å². The topological polar surface area (TPSA) is 12.9 Å². The highest BCUT2D eigenvalue weighted by Gasteiger charge is 2.15. The molecule has 0 radical (unpaired) electrons. The van der Waals surface area contributed by atoms with Gasteiger partial charge in [-0.2, -0.15) is 0 Å². The maximum Gasteiger partial charge on any atom is 0.0498 e. The van der Waals surface area contributed by atoms with Crippen molar-refractivity contribution in [1.82, 2.24) is 4.75 Å². The van der Waals surface area contributed by atoms with E-state index in [1.54, 1.807) is 5.30 Å². The molecule has 1 aromatic heterocycles. The van der Waals surface area contributed by atoms with E-state index in [-0.39, 0.29) is 0 Å². The van der Waals surface area contributed by atoms with E-state index < -0.39 is 0 Å². The van der Waals surface area contributed by atoms with Crippen molar-refractivity contribution in [2.45, 2.75) is 77.0 Å². The largest absolute Gasteiger partial charge is 0.241 e. The molecule has 1 saturated carbocycles. The van der Waals surface area contributed by atoms with Crippen molar-refractivity contribution in [3.8, 4) is 0 Å².